The number of allylic oxidation sites excluding steroid dienone is 4. The average Bonchev–Trinajstić information content (AvgIpc) is 2.67. The van der Waals surface area contributed by atoms with Crippen molar-refractivity contribution in [1.29, 1.82) is 0 Å². The molecule has 0 unspecified atom stereocenters. The molecule has 1 aliphatic rings. The van der Waals surface area contributed by atoms with Gasteiger partial charge in [0.05, 0.1) is 0 Å². The molecule has 0 spiro atoms. The zero-order chi connectivity index (χ0) is 9.10. The number of halogens is 3. The standard InChI is InChI=1S/C11H9.CH3.3ClH.V/c1-2-6-10(7-3-1)11-8-4-5-9-11;;;;;/h1-3,6-9H,4H2;1H3;3*1H;. The maximum absolute atomic E-state index is 2.36. The SMILES string of the molecule is Cl.Cl.Cl.[CH3][V][C]1=CC(c2ccccc2)=CC1. The third-order valence-corrected chi connectivity index (χ3v) is 3.63. The van der Waals surface area contributed by atoms with Crippen LogP contribution >= 0.6 is 37.2 Å². The monoisotopic (exact) mass is 315 g/mol. The van der Waals surface area contributed by atoms with Crippen molar-refractivity contribution in [3.63, 3.8) is 0 Å². The van der Waals surface area contributed by atoms with E-state index < -0.39 is 0 Å². The van der Waals surface area contributed by atoms with Gasteiger partial charge >= 0.3 is 86.3 Å². The maximum atomic E-state index is 2.36. The van der Waals surface area contributed by atoms with Crippen molar-refractivity contribution in [3.8, 4) is 0 Å². The van der Waals surface area contributed by atoms with Crippen molar-refractivity contribution in [2.45, 2.75) is 12.1 Å². The second-order valence-electron chi connectivity index (χ2n) is 3.09. The molecule has 1 aromatic rings. The van der Waals surface area contributed by atoms with Crippen LogP contribution in [0.5, 0.6) is 0 Å². The van der Waals surface area contributed by atoms with Crippen LogP contribution in [0.2, 0.25) is 5.64 Å². The average molecular weight is 317 g/mol. The van der Waals surface area contributed by atoms with E-state index >= 15 is 0 Å². The fraction of sp³-hybridized carbons (Fsp3) is 0.167. The minimum absolute atomic E-state index is 0. The van der Waals surface area contributed by atoms with E-state index in [-0.39, 0.29) is 37.2 Å². The molecule has 0 atom stereocenters. The fourth-order valence-corrected chi connectivity index (χ4v) is 2.35. The topological polar surface area (TPSA) is 0 Å². The van der Waals surface area contributed by atoms with Crippen LogP contribution in [0.25, 0.3) is 5.57 Å². The van der Waals surface area contributed by atoms with Gasteiger partial charge in [0, 0.05) is 0 Å². The van der Waals surface area contributed by atoms with E-state index in [9.17, 15) is 0 Å². The molecule has 0 heterocycles. The molecule has 1 aliphatic carbocycles. The number of benzene rings is 1. The Kier molecular flexibility index (Phi) is 10.7. The Morgan fingerprint density at radius 2 is 1.62 bits per heavy atom. The van der Waals surface area contributed by atoms with Gasteiger partial charge < -0.3 is 0 Å². The number of rotatable bonds is 2. The quantitative estimate of drug-likeness (QED) is 0.738. The van der Waals surface area contributed by atoms with Crippen LogP contribution in [0.15, 0.2) is 46.8 Å². The van der Waals surface area contributed by atoms with Crippen LogP contribution in [-0.2, 0) is 16.3 Å². The molecule has 1 aromatic carbocycles. The molecule has 0 radical (unpaired) electrons. The molecule has 4 heteroatoms. The van der Waals surface area contributed by atoms with Gasteiger partial charge in [0.1, 0.15) is 0 Å². The molecule has 16 heavy (non-hydrogen) atoms. The van der Waals surface area contributed by atoms with E-state index in [2.05, 4.69) is 48.1 Å². The van der Waals surface area contributed by atoms with Gasteiger partial charge in [-0.1, -0.05) is 0 Å². The van der Waals surface area contributed by atoms with E-state index in [1.807, 2.05) is 0 Å². The summed E-state index contributed by atoms with van der Waals surface area (Å²) < 4.78 is 1.63. The van der Waals surface area contributed by atoms with Crippen molar-refractivity contribution in [2.24, 2.45) is 0 Å². The molecular weight excluding hydrogens is 301 g/mol. The predicted molar refractivity (Wildman–Crippen MR) is 74.7 cm³/mol. The molecule has 89 valence electrons. The Morgan fingerprint density at radius 1 is 1.00 bits per heavy atom. The summed E-state index contributed by atoms with van der Waals surface area (Å²) in [7, 11) is 0. The second-order valence-corrected chi connectivity index (χ2v) is 4.68. The van der Waals surface area contributed by atoms with Crippen LogP contribution in [0, 0.1) is 0 Å². The first kappa shape index (κ1) is 18.5. The van der Waals surface area contributed by atoms with Crippen molar-refractivity contribution < 1.29 is 16.3 Å². The number of hydrogen-bond donors (Lipinski definition) is 0. The van der Waals surface area contributed by atoms with Gasteiger partial charge in [-0.15, -0.1) is 37.2 Å². The zero-order valence-electron chi connectivity index (χ0n) is 8.92. The Labute approximate surface area is 123 Å². The Balaban J connectivity index is 0. The van der Waals surface area contributed by atoms with E-state index in [4.69, 9.17) is 0 Å². The number of hydrogen-bond acceptors (Lipinski definition) is 0. The summed E-state index contributed by atoms with van der Waals surface area (Å²) in [5.74, 6) is 0. The summed E-state index contributed by atoms with van der Waals surface area (Å²) in [6, 6.07) is 10.6. The van der Waals surface area contributed by atoms with Crippen molar-refractivity contribution in [1.82, 2.24) is 0 Å². The summed E-state index contributed by atoms with van der Waals surface area (Å²) in [5, 5.41) is 0. The Hall–Kier alpha value is 0.154. The molecule has 0 N–H and O–H groups in total. The normalized spacial score (nSPS) is 12.3. The van der Waals surface area contributed by atoms with Gasteiger partial charge in [-0.05, 0) is 0 Å². The molecule has 0 nitrogen and oxygen atoms in total. The molecular formula is C12H15Cl3V. The van der Waals surface area contributed by atoms with Crippen LogP contribution in [0.4, 0.5) is 0 Å². The first-order valence-corrected chi connectivity index (χ1v) is 6.55. The van der Waals surface area contributed by atoms with Gasteiger partial charge in [-0.2, -0.15) is 0 Å². The third kappa shape index (κ3) is 4.57. The summed E-state index contributed by atoms with van der Waals surface area (Å²) in [5.41, 5.74) is 5.07. The van der Waals surface area contributed by atoms with E-state index in [0.717, 1.165) is 0 Å². The first-order valence-electron chi connectivity index (χ1n) is 4.46. The van der Waals surface area contributed by atoms with Crippen LogP contribution < -0.4 is 0 Å². The van der Waals surface area contributed by atoms with E-state index in [1.54, 1.807) is 4.28 Å². The fourth-order valence-electron chi connectivity index (χ4n) is 1.50. The van der Waals surface area contributed by atoms with E-state index in [0.29, 0.717) is 16.3 Å². The van der Waals surface area contributed by atoms with Crippen LogP contribution in [0.1, 0.15) is 12.0 Å². The van der Waals surface area contributed by atoms with Crippen molar-refractivity contribution in [2.75, 3.05) is 0 Å². The first-order chi connectivity index (χ1) is 6.40. The third-order valence-electron chi connectivity index (χ3n) is 2.25. The molecule has 0 fully saturated rings. The van der Waals surface area contributed by atoms with Crippen molar-refractivity contribution >= 4 is 42.8 Å². The summed E-state index contributed by atoms with van der Waals surface area (Å²) in [4.78, 5) is 0. The molecule has 0 saturated heterocycles. The summed E-state index contributed by atoms with van der Waals surface area (Å²) in [6.07, 6.45) is 5.87. The zero-order valence-corrected chi connectivity index (χ0v) is 12.8. The predicted octanol–water partition coefficient (Wildman–Crippen LogP) is 4.75. The Bertz CT molecular complexity index is 358. The van der Waals surface area contributed by atoms with Gasteiger partial charge in [0.25, 0.3) is 0 Å². The molecule has 0 amide bonds. The van der Waals surface area contributed by atoms with Gasteiger partial charge in [0.15, 0.2) is 0 Å². The molecule has 0 aromatic heterocycles. The summed E-state index contributed by atoms with van der Waals surface area (Å²) in [6.45, 7) is 0. The molecule has 2 rings (SSSR count). The van der Waals surface area contributed by atoms with Gasteiger partial charge in [0.2, 0.25) is 0 Å². The molecule has 0 aliphatic heterocycles. The molecule has 0 saturated carbocycles. The van der Waals surface area contributed by atoms with Crippen LogP contribution in [-0.4, -0.2) is 0 Å². The van der Waals surface area contributed by atoms with Crippen molar-refractivity contribution in [3.05, 3.63) is 52.3 Å². The van der Waals surface area contributed by atoms with Gasteiger partial charge in [-0.25, -0.2) is 0 Å². The Morgan fingerprint density at radius 3 is 2.12 bits per heavy atom. The van der Waals surface area contributed by atoms with Crippen LogP contribution in [0.3, 0.4) is 0 Å². The minimum atomic E-state index is 0. The van der Waals surface area contributed by atoms with Gasteiger partial charge in [-0.3, -0.25) is 0 Å². The molecule has 0 bridgehead atoms. The second kappa shape index (κ2) is 9.21. The summed E-state index contributed by atoms with van der Waals surface area (Å²) >= 11 is 0.424. The van der Waals surface area contributed by atoms with E-state index in [1.165, 1.54) is 17.6 Å².